The minimum absolute atomic E-state index is 0.0342. The maximum atomic E-state index is 11.8. The van der Waals surface area contributed by atoms with Gasteiger partial charge in [-0.2, -0.15) is 0 Å². The van der Waals surface area contributed by atoms with Crippen molar-refractivity contribution in [3.8, 4) is 0 Å². The molecule has 0 radical (unpaired) electrons. The Kier molecular flexibility index (Phi) is 5.63. The quantitative estimate of drug-likeness (QED) is 0.781. The summed E-state index contributed by atoms with van der Waals surface area (Å²) in [6.45, 7) is 1.43. The van der Waals surface area contributed by atoms with Gasteiger partial charge in [0, 0.05) is 19.1 Å². The highest BCUT2D eigenvalue weighted by atomic mass is 16.5. The van der Waals surface area contributed by atoms with Gasteiger partial charge < -0.3 is 15.4 Å². The van der Waals surface area contributed by atoms with Gasteiger partial charge in [0.25, 0.3) is 0 Å². The Hall–Kier alpha value is -1.10. The van der Waals surface area contributed by atoms with Gasteiger partial charge in [-0.15, -0.1) is 0 Å². The number of nitrogens with one attached hydrogen (secondary N) is 2. The van der Waals surface area contributed by atoms with E-state index in [2.05, 4.69) is 10.6 Å². The van der Waals surface area contributed by atoms with Crippen LogP contribution in [0.4, 0.5) is 0 Å². The normalized spacial score (nSPS) is 24.1. The van der Waals surface area contributed by atoms with Crippen molar-refractivity contribution in [2.24, 2.45) is 5.92 Å². The molecule has 1 atom stereocenters. The topological polar surface area (TPSA) is 67.4 Å². The van der Waals surface area contributed by atoms with Crippen molar-refractivity contribution in [2.75, 3.05) is 19.7 Å². The van der Waals surface area contributed by atoms with E-state index in [1.165, 1.54) is 6.42 Å². The summed E-state index contributed by atoms with van der Waals surface area (Å²) in [6, 6.07) is 0. The summed E-state index contributed by atoms with van der Waals surface area (Å²) in [7, 11) is 0. The van der Waals surface area contributed by atoms with Crippen molar-refractivity contribution >= 4 is 11.8 Å². The van der Waals surface area contributed by atoms with Crippen LogP contribution in [0.2, 0.25) is 0 Å². The van der Waals surface area contributed by atoms with Gasteiger partial charge in [-0.3, -0.25) is 9.59 Å². The van der Waals surface area contributed by atoms with Crippen LogP contribution in [0.5, 0.6) is 0 Å². The monoisotopic (exact) mass is 268 g/mol. The summed E-state index contributed by atoms with van der Waals surface area (Å²) < 4.78 is 5.42. The van der Waals surface area contributed by atoms with E-state index < -0.39 is 0 Å². The number of hydrogen-bond donors (Lipinski definition) is 2. The number of rotatable bonds is 5. The predicted molar refractivity (Wildman–Crippen MR) is 71.6 cm³/mol. The molecule has 2 aliphatic rings. The SMILES string of the molecule is O=C(CNC(=O)C1CCCCC1)NCC1CCCO1. The molecule has 1 saturated heterocycles. The lowest BCUT2D eigenvalue weighted by atomic mass is 9.89. The minimum atomic E-state index is -0.125. The third-order valence-electron chi connectivity index (χ3n) is 3.95. The van der Waals surface area contributed by atoms with E-state index >= 15 is 0 Å². The van der Waals surface area contributed by atoms with E-state index in [-0.39, 0.29) is 30.4 Å². The van der Waals surface area contributed by atoms with Crippen molar-refractivity contribution in [3.63, 3.8) is 0 Å². The van der Waals surface area contributed by atoms with Gasteiger partial charge in [-0.25, -0.2) is 0 Å². The molecule has 1 aliphatic carbocycles. The molecule has 0 aromatic heterocycles. The molecule has 1 saturated carbocycles. The molecule has 1 heterocycles. The van der Waals surface area contributed by atoms with Gasteiger partial charge in [-0.1, -0.05) is 19.3 Å². The average molecular weight is 268 g/mol. The second-order valence-electron chi connectivity index (χ2n) is 5.49. The van der Waals surface area contributed by atoms with Crippen LogP contribution >= 0.6 is 0 Å². The lowest BCUT2D eigenvalue weighted by Gasteiger charge is -2.20. The van der Waals surface area contributed by atoms with Gasteiger partial charge in [0.2, 0.25) is 11.8 Å². The molecule has 2 amide bonds. The van der Waals surface area contributed by atoms with E-state index in [9.17, 15) is 9.59 Å². The van der Waals surface area contributed by atoms with Gasteiger partial charge in [0.05, 0.1) is 12.6 Å². The zero-order chi connectivity index (χ0) is 13.5. The van der Waals surface area contributed by atoms with Gasteiger partial charge in [-0.05, 0) is 25.7 Å². The van der Waals surface area contributed by atoms with Crippen molar-refractivity contribution in [3.05, 3.63) is 0 Å². The fourth-order valence-electron chi connectivity index (χ4n) is 2.77. The van der Waals surface area contributed by atoms with E-state index in [4.69, 9.17) is 4.74 Å². The molecule has 5 heteroatoms. The summed E-state index contributed by atoms with van der Waals surface area (Å²) in [4.78, 5) is 23.5. The number of amides is 2. The number of ether oxygens (including phenoxy) is 1. The standard InChI is InChI=1S/C14H24N2O3/c17-13(15-9-12-7-4-8-19-12)10-16-14(18)11-5-2-1-3-6-11/h11-12H,1-10H2,(H,15,17)(H,16,18). The maximum absolute atomic E-state index is 11.8. The first-order valence-electron chi connectivity index (χ1n) is 7.41. The van der Waals surface area contributed by atoms with Crippen molar-refractivity contribution in [2.45, 2.75) is 51.0 Å². The molecule has 2 N–H and O–H groups in total. The molecule has 0 spiro atoms. The zero-order valence-corrected chi connectivity index (χ0v) is 11.5. The van der Waals surface area contributed by atoms with E-state index in [0.717, 1.165) is 45.1 Å². The molecule has 1 unspecified atom stereocenters. The summed E-state index contributed by atoms with van der Waals surface area (Å²) in [5.74, 6) is 0.0198. The van der Waals surface area contributed by atoms with Crippen LogP contribution in [-0.4, -0.2) is 37.6 Å². The molecular formula is C14H24N2O3. The molecular weight excluding hydrogens is 244 g/mol. The molecule has 0 bridgehead atoms. The van der Waals surface area contributed by atoms with Crippen molar-refractivity contribution in [1.82, 2.24) is 10.6 Å². The first-order valence-corrected chi connectivity index (χ1v) is 7.41. The molecule has 0 aromatic rings. The first-order chi connectivity index (χ1) is 9.25. The lowest BCUT2D eigenvalue weighted by Crippen LogP contribution is -2.42. The molecule has 108 valence electrons. The largest absolute Gasteiger partial charge is 0.376 e. The first kappa shape index (κ1) is 14.3. The third-order valence-corrected chi connectivity index (χ3v) is 3.95. The maximum Gasteiger partial charge on any atom is 0.239 e. The van der Waals surface area contributed by atoms with E-state index in [0.29, 0.717) is 6.54 Å². The smallest absolute Gasteiger partial charge is 0.239 e. The van der Waals surface area contributed by atoms with Crippen LogP contribution in [0.3, 0.4) is 0 Å². The predicted octanol–water partition coefficient (Wildman–Crippen LogP) is 0.978. The fraction of sp³-hybridized carbons (Fsp3) is 0.857. The average Bonchev–Trinajstić information content (AvgIpc) is 2.96. The second kappa shape index (κ2) is 7.48. The van der Waals surface area contributed by atoms with Crippen LogP contribution < -0.4 is 10.6 Å². The summed E-state index contributed by atoms with van der Waals surface area (Å²) in [6.07, 6.45) is 7.64. The molecule has 0 aromatic carbocycles. The van der Waals surface area contributed by atoms with E-state index in [1.54, 1.807) is 0 Å². The highest BCUT2D eigenvalue weighted by Gasteiger charge is 2.21. The number of hydrogen-bond acceptors (Lipinski definition) is 3. The molecule has 2 rings (SSSR count). The van der Waals surface area contributed by atoms with Gasteiger partial charge in [0.1, 0.15) is 0 Å². The van der Waals surface area contributed by atoms with Crippen molar-refractivity contribution < 1.29 is 14.3 Å². The second-order valence-corrected chi connectivity index (χ2v) is 5.49. The molecule has 19 heavy (non-hydrogen) atoms. The fourth-order valence-corrected chi connectivity index (χ4v) is 2.77. The molecule has 5 nitrogen and oxygen atoms in total. The van der Waals surface area contributed by atoms with Crippen molar-refractivity contribution in [1.29, 1.82) is 0 Å². The van der Waals surface area contributed by atoms with Crippen LogP contribution in [0.25, 0.3) is 0 Å². The van der Waals surface area contributed by atoms with Crippen LogP contribution in [0.1, 0.15) is 44.9 Å². The zero-order valence-electron chi connectivity index (χ0n) is 11.5. The summed E-state index contributed by atoms with van der Waals surface area (Å²) in [5.41, 5.74) is 0. The van der Waals surface area contributed by atoms with E-state index in [1.807, 2.05) is 0 Å². The Morgan fingerprint density at radius 2 is 1.79 bits per heavy atom. The molecule has 1 aliphatic heterocycles. The van der Waals surface area contributed by atoms with Gasteiger partial charge in [0.15, 0.2) is 0 Å². The van der Waals surface area contributed by atoms with Gasteiger partial charge >= 0.3 is 0 Å². The summed E-state index contributed by atoms with van der Waals surface area (Å²) in [5, 5.41) is 5.54. The molecule has 2 fully saturated rings. The summed E-state index contributed by atoms with van der Waals surface area (Å²) >= 11 is 0. The Balaban J connectivity index is 1.58. The Bertz CT molecular complexity index is 308. The highest BCUT2D eigenvalue weighted by molar-refractivity contribution is 5.85. The lowest BCUT2D eigenvalue weighted by molar-refractivity contribution is -0.129. The number of carbonyl (C=O) groups is 2. The Morgan fingerprint density at radius 1 is 1.00 bits per heavy atom. The highest BCUT2D eigenvalue weighted by Crippen LogP contribution is 2.23. The van der Waals surface area contributed by atoms with Crippen LogP contribution in [0, 0.1) is 5.92 Å². The third kappa shape index (κ3) is 4.82. The Labute approximate surface area is 114 Å². The minimum Gasteiger partial charge on any atom is -0.376 e. The van der Waals surface area contributed by atoms with Crippen LogP contribution in [-0.2, 0) is 14.3 Å². The number of carbonyl (C=O) groups excluding carboxylic acids is 2. The van der Waals surface area contributed by atoms with Crippen LogP contribution in [0.15, 0.2) is 0 Å². The Morgan fingerprint density at radius 3 is 2.47 bits per heavy atom.